The summed E-state index contributed by atoms with van der Waals surface area (Å²) < 4.78 is 9.09. The molecule has 0 aliphatic rings. The summed E-state index contributed by atoms with van der Waals surface area (Å²) in [5.41, 5.74) is 8.00. The molecule has 0 spiro atoms. The molecule has 0 radical (unpaired) electrons. The Hall–Kier alpha value is -7.11. The fourth-order valence-electron chi connectivity index (χ4n) is 7.88. The summed E-state index contributed by atoms with van der Waals surface area (Å²) in [7, 11) is 0. The van der Waals surface area contributed by atoms with E-state index in [1.54, 1.807) is 0 Å². The van der Waals surface area contributed by atoms with Crippen LogP contribution in [0.2, 0.25) is 0 Å². The van der Waals surface area contributed by atoms with E-state index in [1.807, 2.05) is 66.7 Å². The average molecular weight is 665 g/mol. The van der Waals surface area contributed by atoms with Gasteiger partial charge in [-0.25, -0.2) is 15.0 Å². The zero-order valence-electron chi connectivity index (χ0n) is 27.9. The molecule has 0 aliphatic heterocycles. The van der Waals surface area contributed by atoms with Crippen LogP contribution in [-0.4, -0.2) is 19.5 Å². The number of hydrogen-bond donors (Lipinski definition) is 0. The molecule has 242 valence electrons. The Labute approximate surface area is 298 Å². The van der Waals surface area contributed by atoms with Crippen molar-refractivity contribution in [3.05, 3.63) is 170 Å². The van der Waals surface area contributed by atoms with Gasteiger partial charge in [0.15, 0.2) is 17.5 Å². The third kappa shape index (κ3) is 4.26. The first-order valence-electron chi connectivity index (χ1n) is 17.5. The molecule has 0 amide bonds. The van der Waals surface area contributed by atoms with Crippen LogP contribution in [0.25, 0.3) is 105 Å². The van der Waals surface area contributed by atoms with Crippen LogP contribution in [0.3, 0.4) is 0 Å². The van der Waals surface area contributed by atoms with E-state index in [0.717, 1.165) is 60.6 Å². The van der Waals surface area contributed by atoms with Crippen LogP contribution in [0.15, 0.2) is 174 Å². The van der Waals surface area contributed by atoms with Gasteiger partial charge in [-0.1, -0.05) is 140 Å². The topological polar surface area (TPSA) is 56.7 Å². The van der Waals surface area contributed by atoms with Crippen molar-refractivity contribution in [3.8, 4) is 39.9 Å². The minimum absolute atomic E-state index is 0.629. The number of furan rings is 1. The van der Waals surface area contributed by atoms with Gasteiger partial charge in [-0.2, -0.15) is 0 Å². The predicted octanol–water partition coefficient (Wildman–Crippen LogP) is 12.2. The van der Waals surface area contributed by atoms with Gasteiger partial charge in [-0.3, -0.25) is 0 Å². The van der Waals surface area contributed by atoms with E-state index < -0.39 is 0 Å². The molecular weight excluding hydrogens is 637 g/mol. The number of para-hydroxylation sites is 1. The van der Waals surface area contributed by atoms with E-state index in [0.29, 0.717) is 17.5 Å². The molecular formula is C47H28N4O. The van der Waals surface area contributed by atoms with Gasteiger partial charge in [-0.05, 0) is 35.7 Å². The number of rotatable bonds is 4. The first-order valence-corrected chi connectivity index (χ1v) is 17.5. The normalized spacial score (nSPS) is 11.8. The van der Waals surface area contributed by atoms with Crippen molar-refractivity contribution in [2.75, 3.05) is 0 Å². The molecule has 3 aromatic heterocycles. The Bertz CT molecular complexity index is 3100. The second kappa shape index (κ2) is 11.2. The second-order valence-corrected chi connectivity index (χ2v) is 13.2. The highest BCUT2D eigenvalue weighted by Crippen LogP contribution is 2.47. The third-order valence-electron chi connectivity index (χ3n) is 10.2. The zero-order chi connectivity index (χ0) is 34.2. The van der Waals surface area contributed by atoms with Gasteiger partial charge in [0.1, 0.15) is 11.2 Å². The summed E-state index contributed by atoms with van der Waals surface area (Å²) in [4.78, 5) is 14.9. The first-order chi connectivity index (χ1) is 25.8. The van der Waals surface area contributed by atoms with Crippen molar-refractivity contribution < 1.29 is 4.42 Å². The van der Waals surface area contributed by atoms with Crippen molar-refractivity contribution in [2.45, 2.75) is 0 Å². The van der Waals surface area contributed by atoms with Gasteiger partial charge >= 0.3 is 0 Å². The number of hydrogen-bond acceptors (Lipinski definition) is 4. The number of benzene rings is 8. The Morgan fingerprint density at radius 2 is 0.904 bits per heavy atom. The van der Waals surface area contributed by atoms with Crippen LogP contribution < -0.4 is 0 Å². The summed E-state index contributed by atoms with van der Waals surface area (Å²) in [6.07, 6.45) is 0. The Morgan fingerprint density at radius 3 is 1.58 bits per heavy atom. The molecule has 11 rings (SSSR count). The maximum Gasteiger partial charge on any atom is 0.164 e. The maximum atomic E-state index is 6.64. The minimum Gasteiger partial charge on any atom is -0.455 e. The van der Waals surface area contributed by atoms with Gasteiger partial charge < -0.3 is 8.98 Å². The monoisotopic (exact) mass is 664 g/mol. The lowest BCUT2D eigenvalue weighted by atomic mass is 9.98. The number of fused-ring (bicyclic) bond motifs is 12. The summed E-state index contributed by atoms with van der Waals surface area (Å²) in [6, 6.07) is 59.0. The fraction of sp³-hybridized carbons (Fsp3) is 0. The second-order valence-electron chi connectivity index (χ2n) is 13.2. The predicted molar refractivity (Wildman–Crippen MR) is 213 cm³/mol. The Morgan fingerprint density at radius 1 is 0.365 bits per heavy atom. The van der Waals surface area contributed by atoms with Crippen LogP contribution in [0, 0.1) is 0 Å². The van der Waals surface area contributed by atoms with Crippen LogP contribution >= 0.6 is 0 Å². The molecule has 11 aromatic rings. The molecule has 0 N–H and O–H groups in total. The first kappa shape index (κ1) is 28.7. The molecule has 8 aromatic carbocycles. The zero-order valence-corrected chi connectivity index (χ0v) is 27.9. The lowest BCUT2D eigenvalue weighted by molar-refractivity contribution is 0.673. The minimum atomic E-state index is 0.629. The number of nitrogens with zero attached hydrogens (tertiary/aromatic N) is 4. The van der Waals surface area contributed by atoms with Gasteiger partial charge in [-0.15, -0.1) is 0 Å². The molecule has 0 atom stereocenters. The lowest BCUT2D eigenvalue weighted by Crippen LogP contribution is -2.00. The fourth-order valence-corrected chi connectivity index (χ4v) is 7.88. The van der Waals surface area contributed by atoms with E-state index in [2.05, 4.69) is 108 Å². The highest BCUT2D eigenvalue weighted by atomic mass is 16.3. The maximum absolute atomic E-state index is 6.64. The molecule has 52 heavy (non-hydrogen) atoms. The van der Waals surface area contributed by atoms with Crippen molar-refractivity contribution >= 4 is 65.3 Å². The number of aromatic nitrogens is 4. The van der Waals surface area contributed by atoms with E-state index >= 15 is 0 Å². The SMILES string of the molecule is c1ccc(-c2nc(-c3ccccc3)nc(-c3ccc(-n4c5c6ccccc6ccc5c5c6c7ccccc7oc6c6ccccc6c54)cc3)n2)cc1. The van der Waals surface area contributed by atoms with Crippen LogP contribution in [0.5, 0.6) is 0 Å². The van der Waals surface area contributed by atoms with Gasteiger partial charge in [0.2, 0.25) is 0 Å². The molecule has 0 saturated carbocycles. The molecule has 3 heterocycles. The summed E-state index contributed by atoms with van der Waals surface area (Å²) >= 11 is 0. The Kier molecular flexibility index (Phi) is 6.18. The van der Waals surface area contributed by atoms with Crippen molar-refractivity contribution in [2.24, 2.45) is 0 Å². The van der Waals surface area contributed by atoms with Crippen molar-refractivity contribution in [1.82, 2.24) is 19.5 Å². The van der Waals surface area contributed by atoms with Crippen LogP contribution in [0.1, 0.15) is 0 Å². The van der Waals surface area contributed by atoms with Crippen molar-refractivity contribution in [1.29, 1.82) is 0 Å². The summed E-state index contributed by atoms with van der Waals surface area (Å²) in [6.45, 7) is 0. The molecule has 0 fully saturated rings. The highest BCUT2D eigenvalue weighted by Gasteiger charge is 2.24. The Balaban J connectivity index is 1.20. The van der Waals surface area contributed by atoms with Gasteiger partial charge in [0, 0.05) is 60.1 Å². The smallest absolute Gasteiger partial charge is 0.164 e. The standard InChI is InChI=1S/C47H28N4O/c1-3-14-30(15-4-1)45-48-46(31-16-5-2-6-17-31)50-47(49-45)32-23-26-33(27-24-32)51-42-34-18-8-7-13-29(34)25-28-38(42)40-41-37-21-11-12-22-39(37)52-44(41)36-20-10-9-19-35(36)43(40)51/h1-28H. The average Bonchev–Trinajstić information content (AvgIpc) is 3.78. The van der Waals surface area contributed by atoms with Gasteiger partial charge in [0.05, 0.1) is 11.0 Å². The van der Waals surface area contributed by atoms with E-state index in [9.17, 15) is 0 Å². The molecule has 0 aliphatic carbocycles. The molecule has 5 nitrogen and oxygen atoms in total. The van der Waals surface area contributed by atoms with Crippen molar-refractivity contribution in [3.63, 3.8) is 0 Å². The van der Waals surface area contributed by atoms with Crippen LogP contribution in [-0.2, 0) is 0 Å². The van der Waals surface area contributed by atoms with E-state index in [-0.39, 0.29) is 0 Å². The largest absolute Gasteiger partial charge is 0.455 e. The third-order valence-corrected chi connectivity index (χ3v) is 10.2. The molecule has 0 unspecified atom stereocenters. The molecule has 0 saturated heterocycles. The van der Waals surface area contributed by atoms with Crippen LogP contribution in [0.4, 0.5) is 0 Å². The highest BCUT2D eigenvalue weighted by molar-refractivity contribution is 6.37. The summed E-state index contributed by atoms with van der Waals surface area (Å²) in [5, 5.41) is 9.28. The quantitative estimate of drug-likeness (QED) is 0.188. The van der Waals surface area contributed by atoms with E-state index in [4.69, 9.17) is 19.4 Å². The summed E-state index contributed by atoms with van der Waals surface area (Å²) in [5.74, 6) is 1.92. The lowest BCUT2D eigenvalue weighted by Gasteiger charge is -2.13. The molecule has 0 bridgehead atoms. The molecule has 5 heteroatoms. The van der Waals surface area contributed by atoms with E-state index in [1.165, 1.54) is 27.1 Å². The van der Waals surface area contributed by atoms with Gasteiger partial charge in [0.25, 0.3) is 0 Å².